The van der Waals surface area contributed by atoms with Crippen molar-refractivity contribution in [3.8, 4) is 0 Å². The molecule has 0 aliphatic heterocycles. The van der Waals surface area contributed by atoms with Gasteiger partial charge in [-0.25, -0.2) is 9.97 Å². The zero-order chi connectivity index (χ0) is 12.1. The zero-order valence-electron chi connectivity index (χ0n) is 9.47. The lowest BCUT2D eigenvalue weighted by atomic mass is 10.0. The van der Waals surface area contributed by atoms with E-state index in [9.17, 15) is 0 Å². The van der Waals surface area contributed by atoms with E-state index in [4.69, 9.17) is 11.6 Å². The third-order valence-electron chi connectivity index (χ3n) is 2.59. The quantitative estimate of drug-likeness (QED) is 0.900. The lowest BCUT2D eigenvalue weighted by molar-refractivity contribution is 0.574. The number of hydrogen-bond donors (Lipinski definition) is 1. The Morgan fingerprint density at radius 2 is 2.12 bits per heavy atom. The van der Waals surface area contributed by atoms with Gasteiger partial charge in [-0.05, 0) is 31.2 Å². The molecule has 0 aromatic carbocycles. The zero-order valence-corrected chi connectivity index (χ0v) is 10.2. The second-order valence-electron chi connectivity index (χ2n) is 3.65. The van der Waals surface area contributed by atoms with E-state index >= 15 is 0 Å². The fourth-order valence-corrected chi connectivity index (χ4v) is 1.85. The molecule has 0 radical (unpaired) electrons. The third kappa shape index (κ3) is 2.99. The minimum absolute atomic E-state index is 0.123. The number of aromatic nitrogens is 3. The highest BCUT2D eigenvalue weighted by atomic mass is 35.5. The van der Waals surface area contributed by atoms with E-state index in [0.717, 1.165) is 17.7 Å². The van der Waals surface area contributed by atoms with Crippen LogP contribution in [0.5, 0.6) is 0 Å². The highest BCUT2D eigenvalue weighted by molar-refractivity contribution is 6.31. The van der Waals surface area contributed by atoms with Crippen LogP contribution in [0.1, 0.15) is 17.3 Å². The van der Waals surface area contributed by atoms with Crippen molar-refractivity contribution in [2.75, 3.05) is 7.05 Å². The predicted molar refractivity (Wildman–Crippen MR) is 66.8 cm³/mol. The third-order valence-corrected chi connectivity index (χ3v) is 2.93. The number of rotatable bonds is 4. The molecular weight excluding hydrogens is 236 g/mol. The minimum Gasteiger partial charge on any atom is -0.311 e. The van der Waals surface area contributed by atoms with Gasteiger partial charge in [0, 0.05) is 18.6 Å². The van der Waals surface area contributed by atoms with Gasteiger partial charge in [0.2, 0.25) is 0 Å². The van der Waals surface area contributed by atoms with Crippen LogP contribution in [0.2, 0.25) is 5.02 Å². The monoisotopic (exact) mass is 248 g/mol. The van der Waals surface area contributed by atoms with E-state index in [1.807, 2.05) is 19.2 Å². The standard InChI is InChI=1S/C12H13ClN4/c1-14-12(11-3-5-16-8-17-11)6-9-2-4-15-7-10(9)13/h2-5,7-8,12,14H,6H2,1H3. The summed E-state index contributed by atoms with van der Waals surface area (Å²) in [6.07, 6.45) is 7.46. The molecule has 0 saturated carbocycles. The van der Waals surface area contributed by atoms with Gasteiger partial charge >= 0.3 is 0 Å². The molecule has 0 saturated heterocycles. The average Bonchev–Trinajstić information content (AvgIpc) is 2.39. The van der Waals surface area contributed by atoms with Gasteiger partial charge in [-0.3, -0.25) is 4.98 Å². The van der Waals surface area contributed by atoms with Crippen molar-refractivity contribution >= 4 is 11.6 Å². The first-order valence-electron chi connectivity index (χ1n) is 5.33. The van der Waals surface area contributed by atoms with Crippen LogP contribution in [-0.4, -0.2) is 22.0 Å². The molecule has 2 aromatic heterocycles. The van der Waals surface area contributed by atoms with Crippen molar-refractivity contribution in [2.45, 2.75) is 12.5 Å². The maximum Gasteiger partial charge on any atom is 0.115 e. The fraction of sp³-hybridized carbons (Fsp3) is 0.250. The van der Waals surface area contributed by atoms with Crippen LogP contribution in [0.25, 0.3) is 0 Å². The molecular formula is C12H13ClN4. The summed E-state index contributed by atoms with van der Waals surface area (Å²) in [5, 5.41) is 3.91. The summed E-state index contributed by atoms with van der Waals surface area (Å²) in [7, 11) is 1.90. The van der Waals surface area contributed by atoms with Gasteiger partial charge in [-0.1, -0.05) is 11.6 Å². The first kappa shape index (κ1) is 12.0. The van der Waals surface area contributed by atoms with Gasteiger partial charge in [-0.2, -0.15) is 0 Å². The number of pyridine rings is 1. The lowest BCUT2D eigenvalue weighted by Gasteiger charge is -2.15. The number of nitrogens with one attached hydrogen (secondary N) is 1. The van der Waals surface area contributed by atoms with Crippen molar-refractivity contribution in [1.82, 2.24) is 20.3 Å². The first-order valence-corrected chi connectivity index (χ1v) is 5.70. The molecule has 1 unspecified atom stereocenters. The summed E-state index contributed by atoms with van der Waals surface area (Å²) in [6, 6.07) is 3.95. The SMILES string of the molecule is CNC(Cc1ccncc1Cl)c1ccncn1. The van der Waals surface area contributed by atoms with Crippen molar-refractivity contribution in [2.24, 2.45) is 0 Å². The summed E-state index contributed by atoms with van der Waals surface area (Å²) < 4.78 is 0. The highest BCUT2D eigenvalue weighted by Gasteiger charge is 2.12. The summed E-state index contributed by atoms with van der Waals surface area (Å²) in [6.45, 7) is 0. The molecule has 1 N–H and O–H groups in total. The summed E-state index contributed by atoms with van der Waals surface area (Å²) in [5.74, 6) is 0. The summed E-state index contributed by atoms with van der Waals surface area (Å²) in [5.41, 5.74) is 2.01. The molecule has 0 aliphatic carbocycles. The Kier molecular flexibility index (Phi) is 4.01. The van der Waals surface area contributed by atoms with Crippen LogP contribution in [0, 0.1) is 0 Å². The van der Waals surface area contributed by atoms with Gasteiger partial charge in [0.1, 0.15) is 6.33 Å². The molecule has 17 heavy (non-hydrogen) atoms. The summed E-state index contributed by atoms with van der Waals surface area (Å²) >= 11 is 6.09. The Balaban J connectivity index is 2.19. The van der Waals surface area contributed by atoms with Gasteiger partial charge in [0.15, 0.2) is 0 Å². The van der Waals surface area contributed by atoms with Crippen LogP contribution in [0.15, 0.2) is 37.1 Å². The Morgan fingerprint density at radius 3 is 2.76 bits per heavy atom. The topological polar surface area (TPSA) is 50.7 Å². The second kappa shape index (κ2) is 5.70. The molecule has 2 aromatic rings. The maximum atomic E-state index is 6.09. The second-order valence-corrected chi connectivity index (χ2v) is 4.05. The lowest BCUT2D eigenvalue weighted by Crippen LogP contribution is -2.20. The number of hydrogen-bond acceptors (Lipinski definition) is 4. The van der Waals surface area contributed by atoms with Crippen molar-refractivity contribution < 1.29 is 0 Å². The molecule has 0 bridgehead atoms. The van der Waals surface area contributed by atoms with Gasteiger partial charge < -0.3 is 5.32 Å². The van der Waals surface area contributed by atoms with Crippen LogP contribution in [0.3, 0.4) is 0 Å². The van der Waals surface area contributed by atoms with E-state index in [1.165, 1.54) is 0 Å². The Morgan fingerprint density at radius 1 is 1.29 bits per heavy atom. The van der Waals surface area contributed by atoms with Crippen LogP contribution < -0.4 is 5.32 Å². The van der Waals surface area contributed by atoms with Crippen molar-refractivity contribution in [3.05, 3.63) is 53.3 Å². The van der Waals surface area contributed by atoms with E-state index in [-0.39, 0.29) is 6.04 Å². The molecule has 0 aliphatic rings. The molecule has 4 nitrogen and oxygen atoms in total. The van der Waals surface area contributed by atoms with Gasteiger partial charge in [0.25, 0.3) is 0 Å². The number of nitrogens with zero attached hydrogens (tertiary/aromatic N) is 3. The van der Waals surface area contributed by atoms with Crippen LogP contribution in [0.4, 0.5) is 0 Å². The van der Waals surface area contributed by atoms with E-state index < -0.39 is 0 Å². The molecule has 0 fully saturated rings. The predicted octanol–water partition coefficient (Wildman–Crippen LogP) is 2.03. The van der Waals surface area contributed by atoms with Gasteiger partial charge in [-0.15, -0.1) is 0 Å². The maximum absolute atomic E-state index is 6.09. The molecule has 2 heterocycles. The minimum atomic E-state index is 0.123. The first-order chi connectivity index (χ1) is 8.31. The highest BCUT2D eigenvalue weighted by Crippen LogP contribution is 2.20. The Hall–Kier alpha value is -1.52. The van der Waals surface area contributed by atoms with E-state index in [0.29, 0.717) is 5.02 Å². The van der Waals surface area contributed by atoms with Crippen molar-refractivity contribution in [1.29, 1.82) is 0 Å². The summed E-state index contributed by atoms with van der Waals surface area (Å²) in [4.78, 5) is 12.1. The Bertz CT molecular complexity index is 475. The van der Waals surface area contributed by atoms with Crippen molar-refractivity contribution in [3.63, 3.8) is 0 Å². The van der Waals surface area contributed by atoms with E-state index in [1.54, 1.807) is 24.9 Å². The molecule has 0 amide bonds. The number of likely N-dealkylation sites (N-methyl/N-ethyl adjacent to an activating group) is 1. The molecule has 2 rings (SSSR count). The fourth-order valence-electron chi connectivity index (χ4n) is 1.65. The van der Waals surface area contributed by atoms with Crippen LogP contribution >= 0.6 is 11.6 Å². The molecule has 5 heteroatoms. The molecule has 0 spiro atoms. The smallest absolute Gasteiger partial charge is 0.115 e. The Labute approximate surface area is 105 Å². The number of halogens is 1. The molecule has 1 atom stereocenters. The molecule has 88 valence electrons. The normalized spacial score (nSPS) is 12.4. The van der Waals surface area contributed by atoms with Crippen LogP contribution in [-0.2, 0) is 6.42 Å². The van der Waals surface area contributed by atoms with Gasteiger partial charge in [0.05, 0.1) is 16.8 Å². The largest absolute Gasteiger partial charge is 0.311 e. The van der Waals surface area contributed by atoms with E-state index in [2.05, 4.69) is 20.3 Å². The average molecular weight is 249 g/mol.